The van der Waals surface area contributed by atoms with Crippen molar-refractivity contribution >= 4 is 5.91 Å². The number of amides is 1. The summed E-state index contributed by atoms with van der Waals surface area (Å²) in [4.78, 5) is 26.5. The molecule has 1 fully saturated rings. The van der Waals surface area contributed by atoms with Crippen molar-refractivity contribution in [3.63, 3.8) is 0 Å². The van der Waals surface area contributed by atoms with Crippen LogP contribution >= 0.6 is 0 Å². The molecule has 120 valence electrons. The van der Waals surface area contributed by atoms with E-state index in [0.29, 0.717) is 18.8 Å². The lowest BCUT2D eigenvalue weighted by Crippen LogP contribution is -2.47. The van der Waals surface area contributed by atoms with E-state index in [0.717, 1.165) is 18.5 Å². The molecule has 1 amide bonds. The number of rotatable bonds is 2. The maximum Gasteiger partial charge on any atom is 0.278 e. The quantitative estimate of drug-likeness (QED) is 0.900. The topological polar surface area (TPSA) is 81.2 Å². The molecular weight excluding hydrogens is 292 g/mol. The van der Waals surface area contributed by atoms with Gasteiger partial charge in [-0.15, -0.1) is 0 Å². The Bertz CT molecular complexity index is 770. The molecule has 6 heteroatoms. The third-order valence-corrected chi connectivity index (χ3v) is 4.06. The Balaban J connectivity index is 1.99. The van der Waals surface area contributed by atoms with Crippen molar-refractivity contribution in [1.82, 2.24) is 14.7 Å². The molecule has 0 aliphatic carbocycles. The van der Waals surface area contributed by atoms with E-state index in [2.05, 4.69) is 5.10 Å². The maximum atomic E-state index is 12.7. The average molecular weight is 312 g/mol. The maximum absolute atomic E-state index is 12.7. The van der Waals surface area contributed by atoms with E-state index < -0.39 is 0 Å². The number of para-hydroxylation sites is 1. The van der Waals surface area contributed by atoms with E-state index in [1.54, 1.807) is 16.5 Å². The lowest BCUT2D eigenvalue weighted by atomic mass is 10.1. The number of carbonyl (C=O) groups is 1. The number of aryl methyl sites for hydroxylation is 1. The first-order chi connectivity index (χ1) is 11.1. The molecule has 3 rings (SSSR count). The largest absolute Gasteiger partial charge is 0.336 e. The van der Waals surface area contributed by atoms with Gasteiger partial charge in [0.2, 0.25) is 5.43 Å². The molecule has 6 nitrogen and oxygen atoms in total. The molecule has 0 saturated carbocycles. The number of hydrogen-bond acceptors (Lipinski definition) is 4. The molecule has 1 aromatic heterocycles. The van der Waals surface area contributed by atoms with Crippen molar-refractivity contribution in [3.8, 4) is 5.69 Å². The van der Waals surface area contributed by atoms with Gasteiger partial charge < -0.3 is 10.6 Å². The molecule has 0 spiro atoms. The second-order valence-electron chi connectivity index (χ2n) is 5.90. The second-order valence-corrected chi connectivity index (χ2v) is 5.90. The monoisotopic (exact) mass is 312 g/mol. The van der Waals surface area contributed by atoms with E-state index in [1.807, 2.05) is 30.3 Å². The zero-order valence-corrected chi connectivity index (χ0v) is 13.1. The highest BCUT2D eigenvalue weighted by Gasteiger charge is 2.25. The molecule has 0 bridgehead atoms. The van der Waals surface area contributed by atoms with Crippen molar-refractivity contribution in [3.05, 3.63) is 58.0 Å². The molecule has 1 aromatic carbocycles. The molecule has 2 heterocycles. The molecule has 1 aliphatic heterocycles. The van der Waals surface area contributed by atoms with Crippen molar-refractivity contribution in [2.45, 2.75) is 25.8 Å². The van der Waals surface area contributed by atoms with Crippen LogP contribution in [0.3, 0.4) is 0 Å². The number of benzene rings is 1. The number of nitrogens with two attached hydrogens (primary N) is 1. The fraction of sp³-hybridized carbons (Fsp3) is 0.353. The number of hydrogen-bond donors (Lipinski definition) is 1. The number of nitrogens with zero attached hydrogens (tertiary/aromatic N) is 3. The van der Waals surface area contributed by atoms with Gasteiger partial charge in [0.05, 0.1) is 5.69 Å². The van der Waals surface area contributed by atoms with Crippen LogP contribution in [0.2, 0.25) is 0 Å². The van der Waals surface area contributed by atoms with Gasteiger partial charge in [-0.3, -0.25) is 9.59 Å². The summed E-state index contributed by atoms with van der Waals surface area (Å²) < 4.78 is 1.62. The summed E-state index contributed by atoms with van der Waals surface area (Å²) in [5, 5.41) is 4.31. The van der Waals surface area contributed by atoms with Crippen LogP contribution in [0.1, 0.15) is 29.0 Å². The average Bonchev–Trinajstić information content (AvgIpc) is 2.55. The zero-order valence-electron chi connectivity index (χ0n) is 13.1. The molecule has 1 aliphatic rings. The number of carbonyl (C=O) groups excluding carboxylic acids is 1. The predicted molar refractivity (Wildman–Crippen MR) is 87.7 cm³/mol. The van der Waals surface area contributed by atoms with E-state index in [1.165, 1.54) is 6.07 Å². The van der Waals surface area contributed by atoms with Crippen LogP contribution in [-0.4, -0.2) is 39.7 Å². The Morgan fingerprint density at radius 3 is 2.74 bits per heavy atom. The summed E-state index contributed by atoms with van der Waals surface area (Å²) in [6, 6.07) is 10.9. The number of aromatic nitrogens is 2. The summed E-state index contributed by atoms with van der Waals surface area (Å²) >= 11 is 0. The molecule has 2 aromatic rings. The highest BCUT2D eigenvalue weighted by Crippen LogP contribution is 2.12. The third kappa shape index (κ3) is 3.17. The van der Waals surface area contributed by atoms with E-state index in [-0.39, 0.29) is 23.1 Å². The summed E-state index contributed by atoms with van der Waals surface area (Å²) in [6.45, 7) is 2.89. The smallest absolute Gasteiger partial charge is 0.278 e. The SMILES string of the molecule is Cc1cc(=O)c(C(=O)N2CCCC(N)C2)nn1-c1ccccc1. The summed E-state index contributed by atoms with van der Waals surface area (Å²) in [5.74, 6) is -0.338. The highest BCUT2D eigenvalue weighted by atomic mass is 16.2. The first kappa shape index (κ1) is 15.4. The van der Waals surface area contributed by atoms with Crippen LogP contribution in [-0.2, 0) is 0 Å². The van der Waals surface area contributed by atoms with Gasteiger partial charge in [0.1, 0.15) is 0 Å². The molecular formula is C17H20N4O2. The van der Waals surface area contributed by atoms with Crippen LogP contribution in [0.4, 0.5) is 0 Å². The Labute approximate surface area is 134 Å². The Morgan fingerprint density at radius 1 is 1.30 bits per heavy atom. The van der Waals surface area contributed by atoms with E-state index in [9.17, 15) is 9.59 Å². The van der Waals surface area contributed by atoms with Gasteiger partial charge in [-0.2, -0.15) is 5.10 Å². The first-order valence-electron chi connectivity index (χ1n) is 7.77. The summed E-state index contributed by atoms with van der Waals surface area (Å²) in [6.07, 6.45) is 1.75. The Kier molecular flexibility index (Phi) is 4.25. The van der Waals surface area contributed by atoms with Crippen LogP contribution in [0, 0.1) is 6.92 Å². The van der Waals surface area contributed by atoms with E-state index in [4.69, 9.17) is 5.73 Å². The summed E-state index contributed by atoms with van der Waals surface area (Å²) in [5.41, 5.74) is 7.03. The van der Waals surface area contributed by atoms with Gasteiger partial charge in [0.15, 0.2) is 5.69 Å². The van der Waals surface area contributed by atoms with Gasteiger partial charge in [-0.05, 0) is 31.9 Å². The van der Waals surface area contributed by atoms with Crippen LogP contribution in [0.25, 0.3) is 5.69 Å². The van der Waals surface area contributed by atoms with Crippen molar-refractivity contribution in [2.24, 2.45) is 5.73 Å². The number of piperidine rings is 1. The first-order valence-corrected chi connectivity index (χ1v) is 7.77. The standard InChI is InChI=1S/C17H20N4O2/c1-12-10-15(22)16(17(23)20-9-5-6-13(18)11-20)19-21(12)14-7-3-2-4-8-14/h2-4,7-8,10,13H,5-6,9,11,18H2,1H3. The lowest BCUT2D eigenvalue weighted by Gasteiger charge is -2.30. The van der Waals surface area contributed by atoms with Crippen LogP contribution in [0.5, 0.6) is 0 Å². The molecule has 2 N–H and O–H groups in total. The number of likely N-dealkylation sites (tertiary alicyclic amines) is 1. The normalized spacial score (nSPS) is 18.0. The minimum absolute atomic E-state index is 0.0329. The van der Waals surface area contributed by atoms with Crippen molar-refractivity contribution in [2.75, 3.05) is 13.1 Å². The summed E-state index contributed by atoms with van der Waals surface area (Å²) in [7, 11) is 0. The van der Waals surface area contributed by atoms with Crippen LogP contribution in [0.15, 0.2) is 41.2 Å². The van der Waals surface area contributed by atoms with Gasteiger partial charge >= 0.3 is 0 Å². The lowest BCUT2D eigenvalue weighted by molar-refractivity contribution is 0.0699. The second kappa shape index (κ2) is 6.34. The molecule has 1 saturated heterocycles. The third-order valence-electron chi connectivity index (χ3n) is 4.06. The molecule has 1 unspecified atom stereocenters. The zero-order chi connectivity index (χ0) is 16.4. The minimum atomic E-state index is -0.348. The Morgan fingerprint density at radius 2 is 2.04 bits per heavy atom. The highest BCUT2D eigenvalue weighted by molar-refractivity contribution is 5.92. The van der Waals surface area contributed by atoms with Crippen LogP contribution < -0.4 is 11.2 Å². The molecule has 1 atom stereocenters. The van der Waals surface area contributed by atoms with Gasteiger partial charge in [-0.1, -0.05) is 18.2 Å². The fourth-order valence-electron chi connectivity index (χ4n) is 2.87. The van der Waals surface area contributed by atoms with Crippen molar-refractivity contribution in [1.29, 1.82) is 0 Å². The fourth-order valence-corrected chi connectivity index (χ4v) is 2.87. The van der Waals surface area contributed by atoms with Gasteiger partial charge in [-0.25, -0.2) is 4.68 Å². The van der Waals surface area contributed by atoms with E-state index >= 15 is 0 Å². The van der Waals surface area contributed by atoms with Gasteiger partial charge in [0, 0.05) is 30.9 Å². The predicted octanol–water partition coefficient (Wildman–Crippen LogP) is 1.10. The van der Waals surface area contributed by atoms with Crippen molar-refractivity contribution < 1.29 is 4.79 Å². The molecule has 23 heavy (non-hydrogen) atoms. The minimum Gasteiger partial charge on any atom is -0.336 e. The van der Waals surface area contributed by atoms with Gasteiger partial charge in [0.25, 0.3) is 5.91 Å². The Hall–Kier alpha value is -2.47. The molecule has 0 radical (unpaired) electrons.